The van der Waals surface area contributed by atoms with Crippen LogP contribution in [0.1, 0.15) is 39.5 Å². The highest BCUT2D eigenvalue weighted by atomic mass is 28.2. The molecule has 0 aliphatic rings. The summed E-state index contributed by atoms with van der Waals surface area (Å²) in [7, 11) is -0.00426. The van der Waals surface area contributed by atoms with Gasteiger partial charge in [0.1, 0.15) is 0 Å². The SMILES string of the molecule is CCCC(=C[Si]O)CCC. The van der Waals surface area contributed by atoms with Crippen LogP contribution in [-0.2, 0) is 0 Å². The van der Waals surface area contributed by atoms with Gasteiger partial charge in [0.25, 0.3) is 9.76 Å². The Balaban J connectivity index is 3.60. The first kappa shape index (κ1) is 9.92. The fourth-order valence-electron chi connectivity index (χ4n) is 1.00. The van der Waals surface area contributed by atoms with E-state index < -0.39 is 0 Å². The highest BCUT2D eigenvalue weighted by molar-refractivity contribution is 6.32. The van der Waals surface area contributed by atoms with E-state index in [0.29, 0.717) is 0 Å². The van der Waals surface area contributed by atoms with Crippen LogP contribution >= 0.6 is 0 Å². The highest BCUT2D eigenvalue weighted by Gasteiger charge is 1.93. The molecule has 10 heavy (non-hydrogen) atoms. The van der Waals surface area contributed by atoms with Gasteiger partial charge in [-0.2, -0.15) is 0 Å². The van der Waals surface area contributed by atoms with Crippen molar-refractivity contribution in [3.05, 3.63) is 11.3 Å². The number of rotatable bonds is 5. The van der Waals surface area contributed by atoms with Crippen molar-refractivity contribution in [1.29, 1.82) is 0 Å². The summed E-state index contributed by atoms with van der Waals surface area (Å²) >= 11 is 0. The van der Waals surface area contributed by atoms with Crippen molar-refractivity contribution in [2.75, 3.05) is 0 Å². The fourth-order valence-corrected chi connectivity index (χ4v) is 1.47. The van der Waals surface area contributed by atoms with Gasteiger partial charge in [0.15, 0.2) is 0 Å². The van der Waals surface area contributed by atoms with Crippen molar-refractivity contribution >= 4 is 9.76 Å². The molecule has 0 spiro atoms. The molecule has 0 amide bonds. The summed E-state index contributed by atoms with van der Waals surface area (Å²) in [6, 6.07) is 0. The third-order valence-electron chi connectivity index (χ3n) is 1.41. The van der Waals surface area contributed by atoms with Gasteiger partial charge in [-0.1, -0.05) is 38.0 Å². The standard InChI is InChI=1S/C8H16OSi/c1-3-5-8(6-4-2)7-10-9/h7,9H,3-6H2,1-2H3. The predicted molar refractivity (Wildman–Crippen MR) is 45.9 cm³/mol. The van der Waals surface area contributed by atoms with E-state index in [1.165, 1.54) is 18.4 Å². The summed E-state index contributed by atoms with van der Waals surface area (Å²) in [4.78, 5) is 8.64. The van der Waals surface area contributed by atoms with Crippen LogP contribution in [-0.4, -0.2) is 14.6 Å². The molecule has 0 fully saturated rings. The van der Waals surface area contributed by atoms with Crippen LogP contribution in [0.2, 0.25) is 0 Å². The van der Waals surface area contributed by atoms with Gasteiger partial charge in [-0.25, -0.2) is 0 Å². The minimum Gasteiger partial charge on any atom is -0.428 e. The van der Waals surface area contributed by atoms with E-state index in [1.807, 2.05) is 5.70 Å². The Morgan fingerprint density at radius 2 is 1.80 bits per heavy atom. The summed E-state index contributed by atoms with van der Waals surface area (Å²) < 4.78 is 0. The first-order valence-corrected chi connectivity index (χ1v) is 4.95. The summed E-state index contributed by atoms with van der Waals surface area (Å²) in [5.41, 5.74) is 3.39. The second-order valence-corrected chi connectivity index (χ2v) is 2.98. The van der Waals surface area contributed by atoms with Crippen molar-refractivity contribution < 1.29 is 4.80 Å². The van der Waals surface area contributed by atoms with E-state index in [-0.39, 0.29) is 9.76 Å². The van der Waals surface area contributed by atoms with Gasteiger partial charge in [-0.05, 0) is 12.8 Å². The molecular weight excluding hydrogens is 140 g/mol. The van der Waals surface area contributed by atoms with E-state index in [2.05, 4.69) is 13.8 Å². The van der Waals surface area contributed by atoms with Gasteiger partial charge in [0, 0.05) is 0 Å². The maximum absolute atomic E-state index is 8.64. The molecule has 0 saturated heterocycles. The van der Waals surface area contributed by atoms with Crippen LogP contribution in [0.25, 0.3) is 0 Å². The predicted octanol–water partition coefficient (Wildman–Crippen LogP) is 2.08. The topological polar surface area (TPSA) is 20.2 Å². The van der Waals surface area contributed by atoms with Gasteiger partial charge in [0.2, 0.25) is 0 Å². The van der Waals surface area contributed by atoms with Crippen LogP contribution in [0.5, 0.6) is 0 Å². The highest BCUT2D eigenvalue weighted by Crippen LogP contribution is 2.10. The van der Waals surface area contributed by atoms with Crippen LogP contribution < -0.4 is 0 Å². The molecule has 0 bridgehead atoms. The zero-order valence-corrected chi connectivity index (χ0v) is 7.85. The molecule has 0 aliphatic carbocycles. The maximum atomic E-state index is 8.64. The number of hydrogen-bond acceptors (Lipinski definition) is 1. The zero-order chi connectivity index (χ0) is 7.82. The largest absolute Gasteiger partial charge is 0.428 e. The van der Waals surface area contributed by atoms with E-state index >= 15 is 0 Å². The van der Waals surface area contributed by atoms with Crippen molar-refractivity contribution in [2.45, 2.75) is 39.5 Å². The van der Waals surface area contributed by atoms with E-state index in [0.717, 1.165) is 12.8 Å². The van der Waals surface area contributed by atoms with Gasteiger partial charge in [-0.15, -0.1) is 0 Å². The Morgan fingerprint density at radius 1 is 1.30 bits per heavy atom. The van der Waals surface area contributed by atoms with E-state index in [1.54, 1.807) is 0 Å². The molecule has 2 heteroatoms. The minimum absolute atomic E-state index is 0.00426. The molecular formula is C8H16OSi. The van der Waals surface area contributed by atoms with Gasteiger partial charge in [0.05, 0.1) is 0 Å². The van der Waals surface area contributed by atoms with Gasteiger partial charge >= 0.3 is 0 Å². The molecule has 0 aromatic rings. The summed E-state index contributed by atoms with van der Waals surface area (Å²) in [5, 5.41) is 0. The lowest BCUT2D eigenvalue weighted by Gasteiger charge is -2.01. The smallest absolute Gasteiger partial charge is 0.257 e. The lowest BCUT2D eigenvalue weighted by Crippen LogP contribution is -1.88. The van der Waals surface area contributed by atoms with Crippen molar-refractivity contribution in [2.24, 2.45) is 0 Å². The summed E-state index contributed by atoms with van der Waals surface area (Å²) in [6.07, 6.45) is 4.69. The second kappa shape index (κ2) is 7.03. The molecule has 0 rings (SSSR count). The van der Waals surface area contributed by atoms with Crippen LogP contribution in [0.4, 0.5) is 0 Å². The van der Waals surface area contributed by atoms with Crippen molar-refractivity contribution in [1.82, 2.24) is 0 Å². The number of allylic oxidation sites excluding steroid dienone is 1. The van der Waals surface area contributed by atoms with Gasteiger partial charge in [-0.3, -0.25) is 0 Å². The molecule has 2 radical (unpaired) electrons. The quantitative estimate of drug-likeness (QED) is 0.604. The Bertz CT molecular complexity index is 91.4. The Labute approximate surface area is 66.1 Å². The van der Waals surface area contributed by atoms with E-state index in [9.17, 15) is 0 Å². The maximum Gasteiger partial charge on any atom is 0.257 e. The van der Waals surface area contributed by atoms with Crippen LogP contribution in [0, 0.1) is 0 Å². The second-order valence-electron chi connectivity index (χ2n) is 2.43. The summed E-state index contributed by atoms with van der Waals surface area (Å²) in [5.74, 6) is 0. The fraction of sp³-hybridized carbons (Fsp3) is 0.750. The molecule has 1 nitrogen and oxygen atoms in total. The summed E-state index contributed by atoms with van der Waals surface area (Å²) in [6.45, 7) is 4.34. The van der Waals surface area contributed by atoms with Crippen LogP contribution in [0.3, 0.4) is 0 Å². The molecule has 0 aromatic heterocycles. The molecule has 58 valence electrons. The van der Waals surface area contributed by atoms with Crippen molar-refractivity contribution in [3.8, 4) is 0 Å². The molecule has 0 unspecified atom stereocenters. The minimum atomic E-state index is -0.00426. The number of hydrogen-bond donors (Lipinski definition) is 1. The molecule has 0 atom stereocenters. The third kappa shape index (κ3) is 4.76. The monoisotopic (exact) mass is 156 g/mol. The third-order valence-corrected chi connectivity index (χ3v) is 1.95. The molecule has 1 N–H and O–H groups in total. The lowest BCUT2D eigenvalue weighted by atomic mass is 10.1. The first-order chi connectivity index (χ1) is 4.85. The molecule has 0 aliphatic heterocycles. The molecule has 0 heterocycles. The Morgan fingerprint density at radius 3 is 2.10 bits per heavy atom. The first-order valence-electron chi connectivity index (χ1n) is 3.92. The Kier molecular flexibility index (Phi) is 6.97. The van der Waals surface area contributed by atoms with E-state index in [4.69, 9.17) is 4.80 Å². The molecule has 0 aromatic carbocycles. The molecule has 0 saturated carbocycles. The van der Waals surface area contributed by atoms with Crippen molar-refractivity contribution in [3.63, 3.8) is 0 Å². The average molecular weight is 156 g/mol. The van der Waals surface area contributed by atoms with Gasteiger partial charge < -0.3 is 4.80 Å². The Hall–Kier alpha value is -0.0831. The zero-order valence-electron chi connectivity index (χ0n) is 6.85. The normalized spacial score (nSPS) is 9.50. The van der Waals surface area contributed by atoms with Crippen LogP contribution in [0.15, 0.2) is 11.3 Å². The average Bonchev–Trinajstić information content (AvgIpc) is 1.90. The lowest BCUT2D eigenvalue weighted by molar-refractivity contribution is 0.613.